The van der Waals surface area contributed by atoms with Gasteiger partial charge in [-0.05, 0) is 25.8 Å². The van der Waals surface area contributed by atoms with E-state index in [9.17, 15) is 18.0 Å². The summed E-state index contributed by atoms with van der Waals surface area (Å²) in [6.07, 6.45) is 1.95. The summed E-state index contributed by atoms with van der Waals surface area (Å²) in [7, 11) is -3.20. The van der Waals surface area contributed by atoms with Crippen molar-refractivity contribution in [3.05, 3.63) is 0 Å². The normalized spacial score (nSPS) is 27.1. The van der Waals surface area contributed by atoms with Crippen LogP contribution in [0.5, 0.6) is 0 Å². The van der Waals surface area contributed by atoms with Gasteiger partial charge in [0.05, 0.1) is 5.75 Å². The standard InChI is InChI=1S/C12H21N3O4S/c1-2-7-20(18,19)8-6-15-10(16)12(14-11(15)17)4-3-5-13-9-12/h13H,2-9H2,1H3,(H,14,17). The van der Waals surface area contributed by atoms with Gasteiger partial charge < -0.3 is 10.6 Å². The van der Waals surface area contributed by atoms with E-state index >= 15 is 0 Å². The van der Waals surface area contributed by atoms with Crippen molar-refractivity contribution >= 4 is 21.8 Å². The molecule has 20 heavy (non-hydrogen) atoms. The third-order valence-corrected chi connectivity index (χ3v) is 5.61. The molecule has 0 saturated carbocycles. The lowest BCUT2D eigenvalue weighted by atomic mass is 9.90. The Hall–Kier alpha value is -1.15. The van der Waals surface area contributed by atoms with Gasteiger partial charge in [-0.2, -0.15) is 0 Å². The quantitative estimate of drug-likeness (QED) is 0.667. The molecular weight excluding hydrogens is 282 g/mol. The van der Waals surface area contributed by atoms with Crippen molar-refractivity contribution in [2.75, 3.05) is 31.1 Å². The number of urea groups is 1. The van der Waals surface area contributed by atoms with Crippen molar-refractivity contribution in [2.24, 2.45) is 0 Å². The van der Waals surface area contributed by atoms with E-state index in [2.05, 4.69) is 10.6 Å². The number of carbonyl (C=O) groups is 2. The van der Waals surface area contributed by atoms with Gasteiger partial charge in [0, 0.05) is 18.8 Å². The third-order valence-electron chi connectivity index (χ3n) is 3.77. The number of carbonyl (C=O) groups excluding carboxylic acids is 2. The largest absolute Gasteiger partial charge is 0.325 e. The highest BCUT2D eigenvalue weighted by atomic mass is 32.2. The Morgan fingerprint density at radius 3 is 2.65 bits per heavy atom. The molecule has 1 spiro atoms. The first kappa shape index (κ1) is 15.2. The molecule has 0 aliphatic carbocycles. The lowest BCUT2D eigenvalue weighted by molar-refractivity contribution is -0.131. The molecule has 3 amide bonds. The molecule has 8 heteroatoms. The minimum atomic E-state index is -3.20. The van der Waals surface area contributed by atoms with Crippen molar-refractivity contribution in [3.63, 3.8) is 0 Å². The third kappa shape index (κ3) is 2.95. The monoisotopic (exact) mass is 303 g/mol. The molecule has 2 rings (SSSR count). The summed E-state index contributed by atoms with van der Waals surface area (Å²) in [4.78, 5) is 25.3. The van der Waals surface area contributed by atoms with Gasteiger partial charge in [-0.1, -0.05) is 6.92 Å². The highest BCUT2D eigenvalue weighted by molar-refractivity contribution is 7.91. The van der Waals surface area contributed by atoms with Crippen molar-refractivity contribution in [3.8, 4) is 0 Å². The second kappa shape index (κ2) is 5.69. The lowest BCUT2D eigenvalue weighted by Gasteiger charge is -2.31. The lowest BCUT2D eigenvalue weighted by Crippen LogP contribution is -2.57. The van der Waals surface area contributed by atoms with Crippen LogP contribution in [-0.2, 0) is 14.6 Å². The van der Waals surface area contributed by atoms with E-state index in [1.54, 1.807) is 6.92 Å². The number of imide groups is 1. The molecule has 114 valence electrons. The van der Waals surface area contributed by atoms with Crippen LogP contribution < -0.4 is 10.6 Å². The fourth-order valence-corrected chi connectivity index (χ4v) is 4.00. The number of nitrogens with zero attached hydrogens (tertiary/aromatic N) is 1. The second-order valence-corrected chi connectivity index (χ2v) is 7.70. The van der Waals surface area contributed by atoms with Crippen LogP contribution in [0.1, 0.15) is 26.2 Å². The molecule has 2 saturated heterocycles. The first-order chi connectivity index (χ1) is 9.40. The summed E-state index contributed by atoms with van der Waals surface area (Å²) in [6.45, 7) is 2.97. The first-order valence-corrected chi connectivity index (χ1v) is 8.78. The SMILES string of the molecule is CCCS(=O)(=O)CCN1C(=O)NC2(CCCNC2)C1=O. The van der Waals surface area contributed by atoms with Crippen molar-refractivity contribution < 1.29 is 18.0 Å². The minimum absolute atomic E-state index is 0.0608. The van der Waals surface area contributed by atoms with Crippen molar-refractivity contribution in [1.29, 1.82) is 0 Å². The number of rotatable bonds is 5. The molecule has 0 bridgehead atoms. The van der Waals surface area contributed by atoms with Crippen LogP contribution in [0.4, 0.5) is 4.79 Å². The van der Waals surface area contributed by atoms with Crippen LogP contribution >= 0.6 is 0 Å². The molecule has 0 radical (unpaired) electrons. The van der Waals surface area contributed by atoms with E-state index in [-0.39, 0.29) is 24.0 Å². The average Bonchev–Trinajstić information content (AvgIpc) is 2.60. The predicted octanol–water partition coefficient (Wildman–Crippen LogP) is -0.515. The number of amides is 3. The molecule has 0 aromatic rings. The van der Waals surface area contributed by atoms with E-state index in [0.29, 0.717) is 19.4 Å². The van der Waals surface area contributed by atoms with Gasteiger partial charge in [-0.3, -0.25) is 9.69 Å². The maximum Gasteiger partial charge on any atom is 0.325 e. The van der Waals surface area contributed by atoms with Gasteiger partial charge in [0.1, 0.15) is 5.54 Å². The summed E-state index contributed by atoms with van der Waals surface area (Å²) in [5.74, 6) is -0.381. The summed E-state index contributed by atoms with van der Waals surface area (Å²) in [6, 6.07) is -0.481. The molecule has 2 N–H and O–H groups in total. The van der Waals surface area contributed by atoms with Gasteiger partial charge in [-0.15, -0.1) is 0 Å². The van der Waals surface area contributed by atoms with E-state index in [0.717, 1.165) is 17.9 Å². The minimum Gasteiger partial charge on any atom is -0.322 e. The van der Waals surface area contributed by atoms with Crippen LogP contribution in [-0.4, -0.2) is 61.9 Å². The zero-order valence-corrected chi connectivity index (χ0v) is 12.5. The van der Waals surface area contributed by atoms with E-state index in [4.69, 9.17) is 0 Å². The molecule has 1 unspecified atom stereocenters. The molecule has 2 fully saturated rings. The molecule has 2 aliphatic heterocycles. The van der Waals surface area contributed by atoms with E-state index in [1.165, 1.54) is 0 Å². The Morgan fingerprint density at radius 1 is 1.30 bits per heavy atom. The number of hydrogen-bond acceptors (Lipinski definition) is 5. The van der Waals surface area contributed by atoms with Crippen molar-refractivity contribution in [1.82, 2.24) is 15.5 Å². The van der Waals surface area contributed by atoms with E-state index < -0.39 is 21.4 Å². The van der Waals surface area contributed by atoms with Crippen LogP contribution in [0.3, 0.4) is 0 Å². The van der Waals surface area contributed by atoms with Gasteiger partial charge in [-0.25, -0.2) is 13.2 Å². The fourth-order valence-electron chi connectivity index (χ4n) is 2.72. The van der Waals surface area contributed by atoms with Gasteiger partial charge in [0.15, 0.2) is 9.84 Å². The Morgan fingerprint density at radius 2 is 2.05 bits per heavy atom. The van der Waals surface area contributed by atoms with Gasteiger partial charge in [0.2, 0.25) is 0 Å². The molecule has 2 heterocycles. The second-order valence-electron chi connectivity index (χ2n) is 5.40. The summed E-state index contributed by atoms with van der Waals surface area (Å²) >= 11 is 0. The molecule has 7 nitrogen and oxygen atoms in total. The maximum absolute atomic E-state index is 12.4. The smallest absolute Gasteiger partial charge is 0.322 e. The Bertz CT molecular complexity index is 497. The summed E-state index contributed by atoms with van der Waals surface area (Å²) in [5.41, 5.74) is -0.871. The molecule has 1 atom stereocenters. The highest BCUT2D eigenvalue weighted by Crippen LogP contribution is 2.24. The Labute approximate surface area is 119 Å². The van der Waals surface area contributed by atoms with Crippen LogP contribution in [0.25, 0.3) is 0 Å². The summed E-state index contributed by atoms with van der Waals surface area (Å²) in [5, 5.41) is 5.82. The van der Waals surface area contributed by atoms with Crippen molar-refractivity contribution in [2.45, 2.75) is 31.7 Å². The average molecular weight is 303 g/mol. The molecule has 2 aliphatic rings. The maximum atomic E-state index is 12.4. The first-order valence-electron chi connectivity index (χ1n) is 6.95. The number of nitrogens with one attached hydrogen (secondary N) is 2. The zero-order chi connectivity index (χ0) is 14.8. The van der Waals surface area contributed by atoms with Gasteiger partial charge in [0.25, 0.3) is 5.91 Å². The van der Waals surface area contributed by atoms with Crippen LogP contribution in [0, 0.1) is 0 Å². The highest BCUT2D eigenvalue weighted by Gasteiger charge is 2.51. The van der Waals surface area contributed by atoms with E-state index in [1.807, 2.05) is 0 Å². The number of sulfone groups is 1. The number of hydrogen-bond donors (Lipinski definition) is 2. The summed E-state index contributed by atoms with van der Waals surface area (Å²) < 4.78 is 23.4. The molecule has 0 aromatic heterocycles. The fraction of sp³-hybridized carbons (Fsp3) is 0.833. The van der Waals surface area contributed by atoms with Crippen LogP contribution in [0.2, 0.25) is 0 Å². The zero-order valence-electron chi connectivity index (χ0n) is 11.6. The Balaban J connectivity index is 2.02. The number of piperidine rings is 1. The molecular formula is C12H21N3O4S. The van der Waals surface area contributed by atoms with Crippen LogP contribution in [0.15, 0.2) is 0 Å². The van der Waals surface area contributed by atoms with Gasteiger partial charge >= 0.3 is 6.03 Å². The Kier molecular flexibility index (Phi) is 4.33. The predicted molar refractivity (Wildman–Crippen MR) is 74.0 cm³/mol. The topological polar surface area (TPSA) is 95.6 Å². The molecule has 0 aromatic carbocycles.